The van der Waals surface area contributed by atoms with Gasteiger partial charge in [0.2, 0.25) is 5.91 Å². The van der Waals surface area contributed by atoms with E-state index in [1.54, 1.807) is 0 Å². The fourth-order valence-corrected chi connectivity index (χ4v) is 5.25. The number of nitrogens with one attached hydrogen (secondary N) is 2. The first-order valence-corrected chi connectivity index (χ1v) is 11.9. The minimum atomic E-state index is -0.800. The van der Waals surface area contributed by atoms with Gasteiger partial charge in [0.05, 0.1) is 0 Å². The number of urea groups is 1. The van der Waals surface area contributed by atoms with Crippen LogP contribution in [-0.2, 0) is 9.59 Å². The number of likely N-dealkylation sites (tertiary alicyclic amines) is 1. The lowest BCUT2D eigenvalue weighted by Crippen LogP contribution is -2.51. The molecule has 170 valence electrons. The van der Waals surface area contributed by atoms with Crippen LogP contribution in [0.4, 0.5) is 4.79 Å². The van der Waals surface area contributed by atoms with Crippen molar-refractivity contribution in [2.24, 2.45) is 11.3 Å². The van der Waals surface area contributed by atoms with E-state index in [0.717, 1.165) is 50.2 Å². The molecule has 3 fully saturated rings. The standard InChI is InChI=1S/C23H40N4O3/c1-4-22(2,3)18-9-11-23(12-10-18)20(29)27(21(30)25-23)17-19(28)24-13-8-16-26-14-6-5-7-15-26/h18H,4-17H2,1-3H3,(H,24,28)(H,25,30). The molecule has 3 aliphatic rings. The van der Waals surface area contributed by atoms with E-state index in [9.17, 15) is 14.4 Å². The average molecular weight is 421 g/mol. The third-order valence-corrected chi connectivity index (χ3v) is 7.83. The predicted octanol–water partition coefficient (Wildman–Crippen LogP) is 2.90. The highest BCUT2D eigenvalue weighted by Crippen LogP contribution is 2.45. The number of amides is 4. The molecule has 1 saturated carbocycles. The number of piperidine rings is 1. The van der Waals surface area contributed by atoms with E-state index in [0.29, 0.717) is 25.3 Å². The molecular weight excluding hydrogens is 380 g/mol. The van der Waals surface area contributed by atoms with Gasteiger partial charge in [0.1, 0.15) is 12.1 Å². The first-order valence-electron chi connectivity index (χ1n) is 11.9. The molecule has 2 heterocycles. The monoisotopic (exact) mass is 420 g/mol. The van der Waals surface area contributed by atoms with E-state index >= 15 is 0 Å². The summed E-state index contributed by atoms with van der Waals surface area (Å²) in [4.78, 5) is 41.4. The number of rotatable bonds is 8. The quantitative estimate of drug-likeness (QED) is 0.467. The molecule has 3 rings (SSSR count). The number of hydrogen-bond donors (Lipinski definition) is 2. The number of hydrogen-bond acceptors (Lipinski definition) is 4. The Morgan fingerprint density at radius 1 is 1.17 bits per heavy atom. The Balaban J connectivity index is 1.44. The SMILES string of the molecule is CCC(C)(C)C1CCC2(CC1)NC(=O)N(CC(=O)NCCCN1CCCCC1)C2=O. The molecule has 7 heteroatoms. The molecular formula is C23H40N4O3. The van der Waals surface area contributed by atoms with Crippen LogP contribution >= 0.6 is 0 Å². The molecule has 2 aliphatic heterocycles. The second kappa shape index (κ2) is 9.67. The molecule has 1 spiro atoms. The number of imide groups is 1. The van der Waals surface area contributed by atoms with E-state index in [2.05, 4.69) is 36.3 Å². The largest absolute Gasteiger partial charge is 0.354 e. The lowest BCUT2D eigenvalue weighted by Gasteiger charge is -2.42. The molecule has 0 radical (unpaired) electrons. The normalized spacial score (nSPS) is 28.1. The van der Waals surface area contributed by atoms with E-state index in [-0.39, 0.29) is 23.8 Å². The number of carbonyl (C=O) groups is 3. The molecule has 0 bridgehead atoms. The van der Waals surface area contributed by atoms with Crippen LogP contribution in [0.15, 0.2) is 0 Å². The molecule has 7 nitrogen and oxygen atoms in total. The molecule has 0 atom stereocenters. The van der Waals surface area contributed by atoms with Crippen LogP contribution in [0.3, 0.4) is 0 Å². The third kappa shape index (κ3) is 5.16. The Hall–Kier alpha value is -1.63. The molecule has 0 aromatic rings. The lowest BCUT2D eigenvalue weighted by molar-refractivity contribution is -0.136. The first-order chi connectivity index (χ1) is 14.3. The van der Waals surface area contributed by atoms with E-state index in [1.807, 2.05) is 0 Å². The van der Waals surface area contributed by atoms with Gasteiger partial charge in [-0.3, -0.25) is 14.5 Å². The van der Waals surface area contributed by atoms with Crippen LogP contribution < -0.4 is 10.6 Å². The summed E-state index contributed by atoms with van der Waals surface area (Å²) in [6.07, 6.45) is 9.04. The Morgan fingerprint density at radius 3 is 2.47 bits per heavy atom. The molecule has 30 heavy (non-hydrogen) atoms. The summed E-state index contributed by atoms with van der Waals surface area (Å²) in [5.74, 6) is 0.0915. The van der Waals surface area contributed by atoms with Gasteiger partial charge in [-0.2, -0.15) is 0 Å². The van der Waals surface area contributed by atoms with Gasteiger partial charge in [0.25, 0.3) is 5.91 Å². The average Bonchev–Trinajstić information content (AvgIpc) is 2.96. The molecule has 0 aromatic carbocycles. The summed E-state index contributed by atoms with van der Waals surface area (Å²) in [6, 6.07) is -0.420. The summed E-state index contributed by atoms with van der Waals surface area (Å²) < 4.78 is 0. The molecule has 2 saturated heterocycles. The second-order valence-electron chi connectivity index (χ2n) is 10.1. The molecule has 1 aliphatic carbocycles. The fourth-order valence-electron chi connectivity index (χ4n) is 5.25. The van der Waals surface area contributed by atoms with Crippen molar-refractivity contribution in [3.63, 3.8) is 0 Å². The first kappa shape index (κ1) is 23.0. The van der Waals surface area contributed by atoms with E-state index in [4.69, 9.17) is 0 Å². The van der Waals surface area contributed by atoms with Crippen molar-refractivity contribution in [1.29, 1.82) is 0 Å². The van der Waals surface area contributed by atoms with Gasteiger partial charge in [-0.25, -0.2) is 4.79 Å². The van der Waals surface area contributed by atoms with Crippen molar-refractivity contribution in [3.05, 3.63) is 0 Å². The smallest absolute Gasteiger partial charge is 0.325 e. The predicted molar refractivity (Wildman–Crippen MR) is 117 cm³/mol. The van der Waals surface area contributed by atoms with Gasteiger partial charge in [0.15, 0.2) is 0 Å². The van der Waals surface area contributed by atoms with Gasteiger partial charge in [-0.05, 0) is 75.9 Å². The zero-order valence-electron chi connectivity index (χ0n) is 19.1. The van der Waals surface area contributed by atoms with Crippen molar-refractivity contribution < 1.29 is 14.4 Å². The maximum Gasteiger partial charge on any atom is 0.325 e. The van der Waals surface area contributed by atoms with Crippen molar-refractivity contribution in [2.45, 2.75) is 84.1 Å². The summed E-state index contributed by atoms with van der Waals surface area (Å²) in [5, 5.41) is 5.80. The number of carbonyl (C=O) groups excluding carboxylic acids is 3. The summed E-state index contributed by atoms with van der Waals surface area (Å²) >= 11 is 0. The second-order valence-corrected chi connectivity index (χ2v) is 10.1. The van der Waals surface area contributed by atoms with Crippen LogP contribution in [0, 0.1) is 11.3 Å². The zero-order valence-corrected chi connectivity index (χ0v) is 19.1. The highest BCUT2D eigenvalue weighted by atomic mass is 16.2. The summed E-state index contributed by atoms with van der Waals surface area (Å²) in [5.41, 5.74) is -0.549. The van der Waals surface area contributed by atoms with E-state index in [1.165, 1.54) is 19.3 Å². The van der Waals surface area contributed by atoms with Gasteiger partial charge < -0.3 is 15.5 Å². The van der Waals surface area contributed by atoms with Gasteiger partial charge in [0, 0.05) is 6.54 Å². The maximum absolute atomic E-state index is 13.0. The highest BCUT2D eigenvalue weighted by Gasteiger charge is 2.53. The zero-order chi connectivity index (χ0) is 21.8. The molecule has 0 unspecified atom stereocenters. The Kier molecular flexibility index (Phi) is 7.43. The van der Waals surface area contributed by atoms with Crippen LogP contribution in [0.1, 0.15) is 78.6 Å². The minimum absolute atomic E-state index is 0.181. The topological polar surface area (TPSA) is 81.8 Å². The molecule has 2 N–H and O–H groups in total. The third-order valence-electron chi connectivity index (χ3n) is 7.83. The van der Waals surface area contributed by atoms with Crippen molar-refractivity contribution >= 4 is 17.8 Å². The van der Waals surface area contributed by atoms with Gasteiger partial charge in [-0.1, -0.05) is 33.6 Å². The van der Waals surface area contributed by atoms with Crippen molar-refractivity contribution in [2.75, 3.05) is 32.7 Å². The maximum atomic E-state index is 13.0. The fraction of sp³-hybridized carbons (Fsp3) is 0.870. The number of nitrogens with zero attached hydrogens (tertiary/aromatic N) is 2. The van der Waals surface area contributed by atoms with Gasteiger partial charge >= 0.3 is 6.03 Å². The molecule has 4 amide bonds. The van der Waals surface area contributed by atoms with Crippen LogP contribution in [0.5, 0.6) is 0 Å². The Bertz CT molecular complexity index is 634. The van der Waals surface area contributed by atoms with Crippen LogP contribution in [-0.4, -0.2) is 65.9 Å². The van der Waals surface area contributed by atoms with Crippen LogP contribution in [0.25, 0.3) is 0 Å². The lowest BCUT2D eigenvalue weighted by atomic mass is 9.65. The Labute approximate surface area is 181 Å². The van der Waals surface area contributed by atoms with Gasteiger partial charge in [-0.15, -0.1) is 0 Å². The van der Waals surface area contributed by atoms with Crippen molar-refractivity contribution in [3.8, 4) is 0 Å². The van der Waals surface area contributed by atoms with Crippen LogP contribution in [0.2, 0.25) is 0 Å². The summed E-state index contributed by atoms with van der Waals surface area (Å²) in [6.45, 7) is 10.5. The highest BCUT2D eigenvalue weighted by molar-refractivity contribution is 6.09. The molecule has 0 aromatic heterocycles. The summed E-state index contributed by atoms with van der Waals surface area (Å²) in [7, 11) is 0. The van der Waals surface area contributed by atoms with E-state index < -0.39 is 11.6 Å². The minimum Gasteiger partial charge on any atom is -0.354 e. The van der Waals surface area contributed by atoms with Crippen molar-refractivity contribution in [1.82, 2.24) is 20.4 Å². The Morgan fingerprint density at radius 2 is 1.83 bits per heavy atom.